The van der Waals surface area contributed by atoms with Gasteiger partial charge in [0.1, 0.15) is 5.58 Å². The van der Waals surface area contributed by atoms with Crippen LogP contribution in [0.1, 0.15) is 20.3 Å². The summed E-state index contributed by atoms with van der Waals surface area (Å²) in [5.41, 5.74) is 0.501. The van der Waals surface area contributed by atoms with E-state index in [0.717, 1.165) is 6.42 Å². The number of amides is 2. The molecule has 1 aliphatic rings. The second-order valence-corrected chi connectivity index (χ2v) is 6.62. The topological polar surface area (TPSA) is 79.6 Å². The molecule has 2 atom stereocenters. The molecule has 0 spiro atoms. The summed E-state index contributed by atoms with van der Waals surface area (Å²) in [5, 5.41) is 3.31. The van der Waals surface area contributed by atoms with Crippen molar-refractivity contribution < 1.29 is 14.0 Å². The average Bonchev–Trinajstić information content (AvgIpc) is 2.53. The Hall–Kier alpha value is -2.63. The van der Waals surface area contributed by atoms with Crippen molar-refractivity contribution in [2.24, 2.45) is 11.8 Å². The van der Waals surface area contributed by atoms with Crippen molar-refractivity contribution in [1.29, 1.82) is 0 Å². The molecule has 1 aliphatic heterocycles. The second kappa shape index (κ2) is 6.47. The van der Waals surface area contributed by atoms with Crippen LogP contribution in [-0.4, -0.2) is 29.8 Å². The molecule has 126 valence electrons. The molecule has 0 bridgehead atoms. The van der Waals surface area contributed by atoms with E-state index in [4.69, 9.17) is 4.42 Å². The molecule has 0 radical (unpaired) electrons. The van der Waals surface area contributed by atoms with Crippen LogP contribution in [0.2, 0.25) is 0 Å². The summed E-state index contributed by atoms with van der Waals surface area (Å²) in [4.78, 5) is 37.4. The van der Waals surface area contributed by atoms with E-state index in [9.17, 15) is 14.4 Å². The Kier molecular flexibility index (Phi) is 4.38. The number of carbonyl (C=O) groups excluding carboxylic acids is 2. The first kappa shape index (κ1) is 16.2. The van der Waals surface area contributed by atoms with Crippen LogP contribution in [0, 0.1) is 11.8 Å². The zero-order valence-corrected chi connectivity index (χ0v) is 13.7. The molecule has 2 heterocycles. The normalized spacial score (nSPS) is 20.8. The van der Waals surface area contributed by atoms with E-state index in [1.165, 1.54) is 6.07 Å². The number of hydrogen-bond acceptors (Lipinski definition) is 4. The van der Waals surface area contributed by atoms with Gasteiger partial charge in [0.05, 0.1) is 0 Å². The monoisotopic (exact) mass is 328 g/mol. The van der Waals surface area contributed by atoms with Gasteiger partial charge in [-0.1, -0.05) is 13.8 Å². The van der Waals surface area contributed by atoms with E-state index in [1.54, 1.807) is 29.2 Å². The van der Waals surface area contributed by atoms with Crippen molar-refractivity contribution in [2.45, 2.75) is 20.3 Å². The first-order valence-corrected chi connectivity index (χ1v) is 8.06. The number of benzene rings is 1. The molecule has 2 aromatic rings. The maximum Gasteiger partial charge on any atom is 0.336 e. The summed E-state index contributed by atoms with van der Waals surface area (Å²) < 4.78 is 5.04. The zero-order valence-electron chi connectivity index (χ0n) is 13.7. The molecule has 6 nitrogen and oxygen atoms in total. The largest absolute Gasteiger partial charge is 0.423 e. The molecule has 1 aromatic heterocycles. The fourth-order valence-corrected chi connectivity index (χ4v) is 3.31. The first-order valence-electron chi connectivity index (χ1n) is 8.06. The summed E-state index contributed by atoms with van der Waals surface area (Å²) in [6.45, 7) is 5.40. The molecule has 1 aromatic carbocycles. The third kappa shape index (κ3) is 3.48. The van der Waals surface area contributed by atoms with Crippen molar-refractivity contribution in [3.8, 4) is 0 Å². The molecule has 1 N–H and O–H groups in total. The van der Waals surface area contributed by atoms with Crippen LogP contribution in [-0.2, 0) is 9.59 Å². The van der Waals surface area contributed by atoms with Crippen molar-refractivity contribution >= 4 is 28.5 Å². The van der Waals surface area contributed by atoms with Gasteiger partial charge in [0.25, 0.3) is 0 Å². The lowest BCUT2D eigenvalue weighted by molar-refractivity contribution is -0.144. The Morgan fingerprint density at radius 2 is 1.83 bits per heavy atom. The number of piperidine rings is 1. The van der Waals surface area contributed by atoms with Gasteiger partial charge in [-0.05, 0) is 42.5 Å². The fraction of sp³-hybridized carbons (Fsp3) is 0.389. The van der Waals surface area contributed by atoms with E-state index in [0.29, 0.717) is 41.6 Å². The van der Waals surface area contributed by atoms with Gasteiger partial charge >= 0.3 is 17.4 Å². The van der Waals surface area contributed by atoms with Crippen molar-refractivity contribution in [3.05, 3.63) is 40.8 Å². The molecular formula is C18H20N2O4. The summed E-state index contributed by atoms with van der Waals surface area (Å²) in [6.07, 6.45) is 1.07. The Balaban J connectivity index is 1.73. The number of nitrogens with one attached hydrogen (secondary N) is 1. The highest BCUT2D eigenvalue weighted by atomic mass is 16.4. The number of carbonyl (C=O) groups is 2. The Morgan fingerprint density at radius 3 is 2.54 bits per heavy atom. The molecule has 6 heteroatoms. The van der Waals surface area contributed by atoms with Gasteiger partial charge in [-0.25, -0.2) is 4.79 Å². The Bertz CT molecular complexity index is 832. The van der Waals surface area contributed by atoms with Gasteiger partial charge in [-0.15, -0.1) is 0 Å². The van der Waals surface area contributed by atoms with Gasteiger partial charge in [0.2, 0.25) is 0 Å². The second-order valence-electron chi connectivity index (χ2n) is 6.62. The molecule has 24 heavy (non-hydrogen) atoms. The third-order valence-corrected chi connectivity index (χ3v) is 4.23. The quantitative estimate of drug-likeness (QED) is 0.643. The number of likely N-dealkylation sites (tertiary alicyclic amines) is 1. The summed E-state index contributed by atoms with van der Waals surface area (Å²) >= 11 is 0. The van der Waals surface area contributed by atoms with Crippen LogP contribution in [0.5, 0.6) is 0 Å². The molecule has 3 rings (SSSR count). The minimum Gasteiger partial charge on any atom is -0.423 e. The summed E-state index contributed by atoms with van der Waals surface area (Å²) in [5.74, 6) is -0.357. The van der Waals surface area contributed by atoms with Gasteiger partial charge in [-0.3, -0.25) is 9.59 Å². The fourth-order valence-electron chi connectivity index (χ4n) is 3.31. The molecule has 1 saturated heterocycles. The maximum atomic E-state index is 12.4. The van der Waals surface area contributed by atoms with Crippen molar-refractivity contribution in [3.63, 3.8) is 0 Å². The van der Waals surface area contributed by atoms with Crippen LogP contribution in [0.4, 0.5) is 5.69 Å². The van der Waals surface area contributed by atoms with Crippen molar-refractivity contribution in [2.75, 3.05) is 18.4 Å². The molecule has 1 fully saturated rings. The van der Waals surface area contributed by atoms with Crippen LogP contribution in [0.25, 0.3) is 11.0 Å². The van der Waals surface area contributed by atoms with E-state index < -0.39 is 17.4 Å². The number of fused-ring (bicyclic) bond motifs is 1. The lowest BCUT2D eigenvalue weighted by Gasteiger charge is -2.34. The number of rotatable bonds is 1. The number of hydrogen-bond donors (Lipinski definition) is 1. The summed E-state index contributed by atoms with van der Waals surface area (Å²) in [7, 11) is 0. The lowest BCUT2D eigenvalue weighted by atomic mass is 9.92. The first-order chi connectivity index (χ1) is 11.4. The maximum absolute atomic E-state index is 12.4. The highest BCUT2D eigenvalue weighted by Gasteiger charge is 2.29. The predicted octanol–water partition coefficient (Wildman–Crippen LogP) is 2.24. The van der Waals surface area contributed by atoms with Crippen LogP contribution < -0.4 is 10.9 Å². The molecule has 0 aliphatic carbocycles. The number of nitrogens with zero attached hydrogens (tertiary/aromatic N) is 1. The molecular weight excluding hydrogens is 308 g/mol. The van der Waals surface area contributed by atoms with E-state index in [-0.39, 0.29) is 0 Å². The summed E-state index contributed by atoms with van der Waals surface area (Å²) in [6, 6.07) is 7.81. The predicted molar refractivity (Wildman–Crippen MR) is 90.6 cm³/mol. The highest BCUT2D eigenvalue weighted by molar-refractivity contribution is 6.39. The van der Waals surface area contributed by atoms with Crippen LogP contribution in [0.3, 0.4) is 0 Å². The van der Waals surface area contributed by atoms with E-state index in [1.807, 2.05) is 0 Å². The molecule has 0 unspecified atom stereocenters. The highest BCUT2D eigenvalue weighted by Crippen LogP contribution is 2.22. The average molecular weight is 328 g/mol. The standard InChI is InChI=1S/C18H20N2O4/c1-11-7-12(2)10-20(9-11)18(23)17(22)19-14-4-5-15-13(8-14)3-6-16(21)24-15/h3-6,8,11-12H,7,9-10H2,1-2H3,(H,19,22)/t11-,12-/m1/s1. The van der Waals surface area contributed by atoms with Crippen LogP contribution >= 0.6 is 0 Å². The third-order valence-electron chi connectivity index (χ3n) is 4.23. The van der Waals surface area contributed by atoms with Gasteiger partial charge < -0.3 is 14.6 Å². The molecule has 2 amide bonds. The smallest absolute Gasteiger partial charge is 0.336 e. The van der Waals surface area contributed by atoms with E-state index in [2.05, 4.69) is 19.2 Å². The Labute approximate surface area is 139 Å². The Morgan fingerprint density at radius 1 is 1.12 bits per heavy atom. The minimum absolute atomic E-state index is 0.397. The van der Waals surface area contributed by atoms with Gasteiger partial charge in [0, 0.05) is 30.2 Å². The number of anilines is 1. The van der Waals surface area contributed by atoms with Crippen molar-refractivity contribution in [1.82, 2.24) is 4.90 Å². The zero-order chi connectivity index (χ0) is 17.3. The van der Waals surface area contributed by atoms with E-state index >= 15 is 0 Å². The molecule has 0 saturated carbocycles. The van der Waals surface area contributed by atoms with Gasteiger partial charge in [0.15, 0.2) is 0 Å². The SMILES string of the molecule is C[C@@H]1C[C@@H](C)CN(C(=O)C(=O)Nc2ccc3oc(=O)ccc3c2)C1. The van der Waals surface area contributed by atoms with Gasteiger partial charge in [-0.2, -0.15) is 0 Å². The lowest BCUT2D eigenvalue weighted by Crippen LogP contribution is -2.47. The minimum atomic E-state index is -0.645. The van der Waals surface area contributed by atoms with Crippen LogP contribution in [0.15, 0.2) is 39.5 Å².